The van der Waals surface area contributed by atoms with Crippen LogP contribution >= 0.6 is 11.8 Å². The zero-order valence-electron chi connectivity index (χ0n) is 13.7. The topological polar surface area (TPSA) is 113 Å². The van der Waals surface area contributed by atoms with Crippen molar-refractivity contribution in [3.63, 3.8) is 0 Å². The fourth-order valence-electron chi connectivity index (χ4n) is 3.18. The summed E-state index contributed by atoms with van der Waals surface area (Å²) in [6.07, 6.45) is 2.94. The molecule has 27 heavy (non-hydrogen) atoms. The smallest absolute Gasteiger partial charge is 0.256 e. The minimum absolute atomic E-state index is 0.286. The van der Waals surface area contributed by atoms with E-state index < -0.39 is 5.82 Å². The van der Waals surface area contributed by atoms with E-state index in [1.807, 2.05) is 0 Å². The molecule has 5 aromatic rings. The van der Waals surface area contributed by atoms with Crippen molar-refractivity contribution in [2.45, 2.75) is 10.2 Å². The lowest BCUT2D eigenvalue weighted by atomic mass is 10.0. The second-order valence-electron chi connectivity index (χ2n) is 5.93. The van der Waals surface area contributed by atoms with Crippen LogP contribution in [0, 0.1) is 5.82 Å². The Hall–Kier alpha value is -3.46. The van der Waals surface area contributed by atoms with Gasteiger partial charge in [-0.1, -0.05) is 0 Å². The minimum atomic E-state index is -0.406. The Kier molecular flexibility index (Phi) is 3.37. The van der Waals surface area contributed by atoms with Crippen LogP contribution in [0.4, 0.5) is 10.2 Å². The number of nitrogen functional groups attached to an aromatic ring is 1. The lowest BCUT2D eigenvalue weighted by Crippen LogP contribution is -2.05. The third-order valence-corrected chi connectivity index (χ3v) is 5.10. The van der Waals surface area contributed by atoms with Crippen molar-refractivity contribution in [3.8, 4) is 0 Å². The highest BCUT2D eigenvalue weighted by atomic mass is 32.2. The van der Waals surface area contributed by atoms with Gasteiger partial charge in [0, 0.05) is 28.4 Å². The summed E-state index contributed by atoms with van der Waals surface area (Å²) >= 11 is 1.29. The number of fused-ring (bicyclic) bond motifs is 6. The number of H-pyrrole nitrogens is 2. The molecule has 0 atom stereocenters. The van der Waals surface area contributed by atoms with Crippen LogP contribution in [0.2, 0.25) is 0 Å². The summed E-state index contributed by atoms with van der Waals surface area (Å²) in [5.74, 6) is -0.0431. The summed E-state index contributed by atoms with van der Waals surface area (Å²) in [4.78, 5) is 31.0. The van der Waals surface area contributed by atoms with Crippen molar-refractivity contribution in [2.24, 2.45) is 0 Å². The number of hydrogen-bond donors (Lipinski definition) is 3. The number of pyridine rings is 1. The molecule has 9 heteroatoms. The first kappa shape index (κ1) is 15.8. The minimum Gasteiger partial charge on any atom is -0.384 e. The second kappa shape index (κ2) is 5.78. The number of nitrogens with one attached hydrogen (secondary N) is 2. The highest BCUT2D eigenvalue weighted by Crippen LogP contribution is 2.35. The summed E-state index contributed by atoms with van der Waals surface area (Å²) < 4.78 is 13.9. The first-order valence-corrected chi connectivity index (χ1v) is 8.79. The number of benzene rings is 2. The Bertz CT molecular complexity index is 1410. The molecule has 4 N–H and O–H groups in total. The summed E-state index contributed by atoms with van der Waals surface area (Å²) in [5.41, 5.74) is 6.78. The fraction of sp³-hybridized carbons (Fsp3) is 0. The second-order valence-corrected chi connectivity index (χ2v) is 6.94. The number of aromatic nitrogens is 5. The molecule has 0 aliphatic carbocycles. The zero-order chi connectivity index (χ0) is 18.5. The molecule has 0 amide bonds. The van der Waals surface area contributed by atoms with Crippen LogP contribution in [0.5, 0.6) is 0 Å². The molecule has 2 aromatic carbocycles. The van der Waals surface area contributed by atoms with Crippen LogP contribution in [0.25, 0.3) is 32.6 Å². The van der Waals surface area contributed by atoms with E-state index in [4.69, 9.17) is 5.73 Å². The van der Waals surface area contributed by atoms with Gasteiger partial charge >= 0.3 is 0 Å². The average Bonchev–Trinajstić information content (AvgIpc) is 3.05. The van der Waals surface area contributed by atoms with Gasteiger partial charge in [0.25, 0.3) is 5.56 Å². The Morgan fingerprint density at radius 2 is 1.96 bits per heavy atom. The van der Waals surface area contributed by atoms with Gasteiger partial charge in [0.2, 0.25) is 0 Å². The SMILES string of the molecule is Nc1cc(Sc2nc3c4cc[nH]c(=O)c4c4cc(F)ccc4c3[nH]2)ncn1. The number of rotatable bonds is 2. The predicted octanol–water partition coefficient (Wildman–Crippen LogP) is 3.22. The van der Waals surface area contributed by atoms with Gasteiger partial charge in [-0.15, -0.1) is 0 Å². The molecule has 0 saturated carbocycles. The number of anilines is 1. The number of hydrogen-bond acceptors (Lipinski definition) is 6. The summed E-state index contributed by atoms with van der Waals surface area (Å²) in [6.45, 7) is 0. The fourth-order valence-corrected chi connectivity index (χ4v) is 3.95. The first-order chi connectivity index (χ1) is 13.1. The standard InChI is InChI=1S/C18H11FN6OS/c19-8-1-2-9-11(5-8)14-10(3-4-21-17(14)26)16-15(9)24-18(25-16)27-13-6-12(20)22-7-23-13/h1-7H,(H,21,26)(H,24,25)(H2,20,22,23). The van der Waals surface area contributed by atoms with Gasteiger partial charge in [0.15, 0.2) is 5.16 Å². The molecule has 0 unspecified atom stereocenters. The Morgan fingerprint density at radius 1 is 1.07 bits per heavy atom. The van der Waals surface area contributed by atoms with E-state index in [0.717, 1.165) is 10.9 Å². The highest BCUT2D eigenvalue weighted by molar-refractivity contribution is 7.99. The lowest BCUT2D eigenvalue weighted by Gasteiger charge is -2.05. The van der Waals surface area contributed by atoms with Crippen molar-refractivity contribution < 1.29 is 4.39 Å². The van der Waals surface area contributed by atoms with E-state index in [9.17, 15) is 9.18 Å². The van der Waals surface area contributed by atoms with Crippen molar-refractivity contribution in [1.82, 2.24) is 24.9 Å². The summed E-state index contributed by atoms with van der Waals surface area (Å²) in [6, 6.07) is 7.79. The molecule has 0 aliphatic heterocycles. The molecule has 3 heterocycles. The van der Waals surface area contributed by atoms with Crippen molar-refractivity contribution >= 4 is 50.2 Å². The van der Waals surface area contributed by atoms with Crippen LogP contribution in [-0.4, -0.2) is 24.9 Å². The van der Waals surface area contributed by atoms with Crippen molar-refractivity contribution in [3.05, 3.63) is 59.0 Å². The Morgan fingerprint density at radius 3 is 2.81 bits per heavy atom. The molecule has 0 aliphatic rings. The molecule has 0 radical (unpaired) electrons. The van der Waals surface area contributed by atoms with E-state index in [1.54, 1.807) is 24.4 Å². The lowest BCUT2D eigenvalue weighted by molar-refractivity contribution is 0.630. The first-order valence-electron chi connectivity index (χ1n) is 7.98. The Labute approximate surface area is 154 Å². The van der Waals surface area contributed by atoms with E-state index in [1.165, 1.54) is 30.2 Å². The summed E-state index contributed by atoms with van der Waals surface area (Å²) in [7, 11) is 0. The normalized spacial score (nSPS) is 11.6. The Balaban J connectivity index is 1.84. The molecule has 0 fully saturated rings. The number of nitrogens with two attached hydrogens (primary N) is 1. The molecule has 132 valence electrons. The van der Waals surface area contributed by atoms with E-state index >= 15 is 0 Å². The van der Waals surface area contributed by atoms with Gasteiger partial charge in [-0.05, 0) is 36.0 Å². The monoisotopic (exact) mass is 378 g/mol. The predicted molar refractivity (Wildman–Crippen MR) is 102 cm³/mol. The van der Waals surface area contributed by atoms with Gasteiger partial charge in [-0.25, -0.2) is 19.3 Å². The maximum atomic E-state index is 13.9. The molecule has 0 spiro atoms. The van der Waals surface area contributed by atoms with E-state index in [-0.39, 0.29) is 5.56 Å². The van der Waals surface area contributed by atoms with Crippen molar-refractivity contribution in [2.75, 3.05) is 5.73 Å². The van der Waals surface area contributed by atoms with Gasteiger partial charge in [0.05, 0.1) is 16.4 Å². The average molecular weight is 378 g/mol. The van der Waals surface area contributed by atoms with E-state index in [2.05, 4.69) is 24.9 Å². The number of nitrogens with zero attached hydrogens (tertiary/aromatic N) is 3. The quantitative estimate of drug-likeness (QED) is 0.321. The van der Waals surface area contributed by atoms with Crippen LogP contribution < -0.4 is 11.3 Å². The molecule has 3 aromatic heterocycles. The van der Waals surface area contributed by atoms with E-state index in [0.29, 0.717) is 37.7 Å². The number of halogens is 1. The van der Waals surface area contributed by atoms with Crippen LogP contribution in [-0.2, 0) is 0 Å². The van der Waals surface area contributed by atoms with Crippen LogP contribution in [0.15, 0.2) is 57.8 Å². The number of imidazole rings is 1. The molecule has 0 bridgehead atoms. The molecule has 7 nitrogen and oxygen atoms in total. The van der Waals surface area contributed by atoms with Gasteiger partial charge in [-0.3, -0.25) is 4.79 Å². The highest BCUT2D eigenvalue weighted by Gasteiger charge is 2.16. The van der Waals surface area contributed by atoms with Gasteiger partial charge < -0.3 is 15.7 Å². The third kappa shape index (κ3) is 2.51. The summed E-state index contributed by atoms with van der Waals surface area (Å²) in [5, 5.41) is 3.54. The van der Waals surface area contributed by atoms with Crippen molar-refractivity contribution in [1.29, 1.82) is 0 Å². The molecular formula is C18H11FN6OS. The maximum Gasteiger partial charge on any atom is 0.256 e. The zero-order valence-corrected chi connectivity index (χ0v) is 14.5. The third-order valence-electron chi connectivity index (χ3n) is 4.28. The van der Waals surface area contributed by atoms with Crippen LogP contribution in [0.1, 0.15) is 0 Å². The van der Waals surface area contributed by atoms with Gasteiger partial charge in [0.1, 0.15) is 23.0 Å². The molecule has 5 rings (SSSR count). The van der Waals surface area contributed by atoms with Gasteiger partial charge in [-0.2, -0.15) is 0 Å². The maximum absolute atomic E-state index is 13.9. The molecule has 0 saturated heterocycles. The van der Waals surface area contributed by atoms with Crippen LogP contribution in [0.3, 0.4) is 0 Å². The number of aromatic amines is 2. The largest absolute Gasteiger partial charge is 0.384 e. The molecular weight excluding hydrogens is 367 g/mol.